The summed E-state index contributed by atoms with van der Waals surface area (Å²) in [6, 6.07) is 7.76. The van der Waals surface area contributed by atoms with E-state index in [1.807, 2.05) is 0 Å². The van der Waals surface area contributed by atoms with Crippen LogP contribution in [0, 0.1) is 18.3 Å². The van der Waals surface area contributed by atoms with Gasteiger partial charge < -0.3 is 9.29 Å². The molecular formula is C13H10N4O5S. The van der Waals surface area contributed by atoms with Crippen molar-refractivity contribution >= 4 is 22.7 Å². The zero-order valence-electron chi connectivity index (χ0n) is 11.7. The standard InChI is InChI=1S/C13H10N4O5S/c1-7-8(6-14)12(18)15-13(19)11(7)17-16-9-4-2-3-5-10(9)22-23(20)21/h2-5H,1H3,(H,20,21)(H2,15,18,19). The van der Waals surface area contributed by atoms with Gasteiger partial charge in [0, 0.05) is 5.56 Å². The van der Waals surface area contributed by atoms with Gasteiger partial charge in [0.25, 0.3) is 5.56 Å². The van der Waals surface area contributed by atoms with Crippen LogP contribution in [0.2, 0.25) is 0 Å². The maximum absolute atomic E-state index is 11.8. The Balaban J connectivity index is 2.49. The third kappa shape index (κ3) is 3.60. The summed E-state index contributed by atoms with van der Waals surface area (Å²) in [7, 11) is 0. The lowest BCUT2D eigenvalue weighted by Gasteiger charge is -2.04. The molecule has 0 radical (unpaired) electrons. The minimum atomic E-state index is -2.54. The van der Waals surface area contributed by atoms with Crippen molar-refractivity contribution in [1.82, 2.24) is 4.98 Å². The van der Waals surface area contributed by atoms with E-state index in [1.54, 1.807) is 18.2 Å². The van der Waals surface area contributed by atoms with Crippen LogP contribution in [-0.2, 0) is 11.4 Å². The average Bonchev–Trinajstić information content (AvgIpc) is 2.48. The first kappa shape index (κ1) is 16.3. The molecule has 1 aromatic carbocycles. The number of nitrogens with one attached hydrogen (secondary N) is 1. The van der Waals surface area contributed by atoms with Crippen molar-refractivity contribution in [2.75, 3.05) is 0 Å². The Kier molecular flexibility index (Phi) is 4.85. The van der Waals surface area contributed by atoms with Crippen LogP contribution < -0.4 is 9.74 Å². The maximum atomic E-state index is 11.8. The molecule has 118 valence electrons. The van der Waals surface area contributed by atoms with E-state index in [0.29, 0.717) is 0 Å². The number of aromatic nitrogens is 1. The average molecular weight is 334 g/mol. The van der Waals surface area contributed by atoms with Gasteiger partial charge in [-0.15, -0.1) is 10.2 Å². The summed E-state index contributed by atoms with van der Waals surface area (Å²) in [5.41, 5.74) is -0.757. The van der Waals surface area contributed by atoms with E-state index >= 15 is 0 Å². The first-order chi connectivity index (χ1) is 10.9. The number of para-hydroxylation sites is 1. The van der Waals surface area contributed by atoms with Crippen LogP contribution in [0.5, 0.6) is 11.6 Å². The predicted octanol–water partition coefficient (Wildman–Crippen LogP) is 2.19. The molecule has 23 heavy (non-hydrogen) atoms. The van der Waals surface area contributed by atoms with E-state index in [-0.39, 0.29) is 28.3 Å². The number of hydrogen-bond acceptors (Lipinski definition) is 7. The van der Waals surface area contributed by atoms with E-state index in [1.165, 1.54) is 19.1 Å². The Labute approximate surface area is 132 Å². The normalized spacial score (nSPS) is 12.0. The lowest BCUT2D eigenvalue weighted by Crippen LogP contribution is -2.08. The second kappa shape index (κ2) is 6.82. The third-order valence-electron chi connectivity index (χ3n) is 2.81. The number of H-pyrrole nitrogens is 1. The van der Waals surface area contributed by atoms with E-state index in [9.17, 15) is 14.1 Å². The first-order valence-corrected chi connectivity index (χ1v) is 7.13. The van der Waals surface area contributed by atoms with Crippen molar-refractivity contribution in [2.24, 2.45) is 10.2 Å². The second-order valence-electron chi connectivity index (χ2n) is 4.23. The molecule has 0 saturated carbocycles. The topological polar surface area (TPSA) is 148 Å². The molecule has 0 saturated heterocycles. The number of aromatic hydroxyl groups is 1. The smallest absolute Gasteiger partial charge is 0.357 e. The molecule has 2 aromatic rings. The summed E-state index contributed by atoms with van der Waals surface area (Å²) < 4.78 is 24.1. The van der Waals surface area contributed by atoms with E-state index in [0.717, 1.165) is 0 Å². The summed E-state index contributed by atoms with van der Waals surface area (Å²) in [4.78, 5) is 13.9. The molecule has 0 fully saturated rings. The number of benzene rings is 1. The van der Waals surface area contributed by atoms with Crippen LogP contribution in [0.3, 0.4) is 0 Å². The van der Waals surface area contributed by atoms with Crippen LogP contribution in [0.4, 0.5) is 11.4 Å². The van der Waals surface area contributed by atoms with Crippen molar-refractivity contribution in [3.8, 4) is 17.7 Å². The minimum absolute atomic E-state index is 0.00884. The minimum Gasteiger partial charge on any atom is -0.494 e. The van der Waals surface area contributed by atoms with Crippen LogP contribution in [-0.4, -0.2) is 18.9 Å². The molecule has 0 spiro atoms. The Hall–Kier alpha value is -3.03. The number of rotatable bonds is 4. The molecule has 0 bridgehead atoms. The molecule has 1 atom stereocenters. The molecule has 0 aliphatic carbocycles. The summed E-state index contributed by atoms with van der Waals surface area (Å²) >= 11 is -2.54. The third-order valence-corrected chi connectivity index (χ3v) is 3.13. The lowest BCUT2D eigenvalue weighted by molar-refractivity contribution is 0.449. The molecule has 1 aromatic heterocycles. The molecule has 2 rings (SSSR count). The van der Waals surface area contributed by atoms with Crippen LogP contribution in [0.15, 0.2) is 39.3 Å². The number of hydrogen-bond donors (Lipinski definition) is 3. The molecule has 0 aliphatic heterocycles. The van der Waals surface area contributed by atoms with Crippen molar-refractivity contribution in [1.29, 1.82) is 5.26 Å². The number of nitrogens with zero attached hydrogens (tertiary/aromatic N) is 3. The summed E-state index contributed by atoms with van der Waals surface area (Å²) in [6.45, 7) is 1.44. The Bertz CT molecular complexity index is 900. The number of aromatic amines is 1. The molecule has 1 heterocycles. The zero-order chi connectivity index (χ0) is 17.0. The van der Waals surface area contributed by atoms with Gasteiger partial charge in [0.2, 0.25) is 5.88 Å². The van der Waals surface area contributed by atoms with Crippen LogP contribution >= 0.6 is 0 Å². The van der Waals surface area contributed by atoms with Gasteiger partial charge in [-0.1, -0.05) is 12.1 Å². The van der Waals surface area contributed by atoms with Gasteiger partial charge in [-0.3, -0.25) is 14.3 Å². The van der Waals surface area contributed by atoms with Crippen LogP contribution in [0.1, 0.15) is 11.1 Å². The van der Waals surface area contributed by atoms with E-state index < -0.39 is 22.8 Å². The fourth-order valence-electron chi connectivity index (χ4n) is 1.74. The highest BCUT2D eigenvalue weighted by Crippen LogP contribution is 2.30. The Morgan fingerprint density at radius 2 is 2.04 bits per heavy atom. The van der Waals surface area contributed by atoms with Crippen molar-refractivity contribution in [2.45, 2.75) is 6.92 Å². The van der Waals surface area contributed by atoms with Crippen molar-refractivity contribution in [3.63, 3.8) is 0 Å². The molecule has 0 aliphatic rings. The Morgan fingerprint density at radius 1 is 1.35 bits per heavy atom. The molecule has 3 N–H and O–H groups in total. The summed E-state index contributed by atoms with van der Waals surface area (Å²) in [5, 5.41) is 26.0. The first-order valence-electron chi connectivity index (χ1n) is 6.10. The summed E-state index contributed by atoms with van der Waals surface area (Å²) in [6.07, 6.45) is 0. The number of pyridine rings is 1. The molecular weight excluding hydrogens is 324 g/mol. The van der Waals surface area contributed by atoms with Gasteiger partial charge in [-0.05, 0) is 19.1 Å². The van der Waals surface area contributed by atoms with Crippen molar-refractivity contribution < 1.29 is 18.1 Å². The number of nitriles is 1. The molecule has 0 amide bonds. The van der Waals surface area contributed by atoms with Gasteiger partial charge >= 0.3 is 11.4 Å². The highest BCUT2D eigenvalue weighted by atomic mass is 32.2. The predicted molar refractivity (Wildman–Crippen MR) is 80.2 cm³/mol. The molecule has 10 heteroatoms. The van der Waals surface area contributed by atoms with Gasteiger partial charge in [-0.2, -0.15) is 9.47 Å². The van der Waals surface area contributed by atoms with Crippen molar-refractivity contribution in [3.05, 3.63) is 45.7 Å². The SMILES string of the molecule is Cc1c(C#N)c(O)[nH]c(=O)c1N=Nc1ccccc1OS(=O)O. The number of azo groups is 1. The van der Waals surface area contributed by atoms with Gasteiger partial charge in [0.15, 0.2) is 11.4 Å². The van der Waals surface area contributed by atoms with Crippen LogP contribution in [0.25, 0.3) is 0 Å². The highest BCUT2D eigenvalue weighted by Gasteiger charge is 2.14. The fourth-order valence-corrected chi connectivity index (χ4v) is 2.04. The zero-order valence-corrected chi connectivity index (χ0v) is 12.5. The monoisotopic (exact) mass is 334 g/mol. The highest BCUT2D eigenvalue weighted by molar-refractivity contribution is 7.74. The summed E-state index contributed by atoms with van der Waals surface area (Å²) in [5.74, 6) is -0.557. The van der Waals surface area contributed by atoms with E-state index in [2.05, 4.69) is 19.4 Å². The molecule has 9 nitrogen and oxygen atoms in total. The van der Waals surface area contributed by atoms with E-state index in [4.69, 9.17) is 9.81 Å². The fraction of sp³-hybridized carbons (Fsp3) is 0.0769. The van der Waals surface area contributed by atoms with Gasteiger partial charge in [-0.25, -0.2) is 0 Å². The second-order valence-corrected chi connectivity index (χ2v) is 4.83. The molecule has 1 unspecified atom stereocenters. The van der Waals surface area contributed by atoms with Gasteiger partial charge in [0.05, 0.1) is 0 Å². The quantitative estimate of drug-likeness (QED) is 0.576. The maximum Gasteiger partial charge on any atom is 0.357 e. The largest absolute Gasteiger partial charge is 0.494 e. The Morgan fingerprint density at radius 3 is 2.70 bits per heavy atom. The van der Waals surface area contributed by atoms with Gasteiger partial charge in [0.1, 0.15) is 17.3 Å². The lowest BCUT2D eigenvalue weighted by atomic mass is 10.1.